The first kappa shape index (κ1) is 15.6. The Hall–Kier alpha value is -2.89. The third kappa shape index (κ3) is 2.95. The van der Waals surface area contributed by atoms with Gasteiger partial charge in [0.05, 0.1) is 17.6 Å². The number of hydrogen-bond donors (Lipinski definition) is 1. The van der Waals surface area contributed by atoms with E-state index in [0.717, 1.165) is 17.5 Å². The molecule has 25 heavy (non-hydrogen) atoms. The number of halogens is 1. The van der Waals surface area contributed by atoms with Crippen molar-refractivity contribution in [1.82, 2.24) is 14.5 Å². The Balaban J connectivity index is 1.59. The maximum Gasteiger partial charge on any atom is 0.326 e. The summed E-state index contributed by atoms with van der Waals surface area (Å²) in [5, 5.41) is 0. The standard InChI is InChI=1S/C19H18FN3O2/c20-15-10-13(7-8-14(15)12-22-9-3-6-18(22)24)11-23-17-5-2-1-4-16(17)21-19(23)25/h1-2,4-5,7-8,10H,3,6,9,11-12H2,(H,21,25). The lowest BCUT2D eigenvalue weighted by atomic mass is 10.1. The van der Waals surface area contributed by atoms with Gasteiger partial charge < -0.3 is 9.88 Å². The zero-order chi connectivity index (χ0) is 17.4. The lowest BCUT2D eigenvalue weighted by Crippen LogP contribution is -2.24. The topological polar surface area (TPSA) is 58.1 Å². The third-order valence-corrected chi connectivity index (χ3v) is 4.67. The predicted octanol–water partition coefficient (Wildman–Crippen LogP) is 2.64. The van der Waals surface area contributed by atoms with Gasteiger partial charge in [-0.15, -0.1) is 0 Å². The van der Waals surface area contributed by atoms with Gasteiger partial charge in [-0.25, -0.2) is 9.18 Å². The normalized spacial score (nSPS) is 14.6. The van der Waals surface area contributed by atoms with Gasteiger partial charge in [-0.3, -0.25) is 9.36 Å². The first-order chi connectivity index (χ1) is 12.1. The van der Waals surface area contributed by atoms with Crippen molar-refractivity contribution >= 4 is 16.9 Å². The van der Waals surface area contributed by atoms with E-state index in [4.69, 9.17) is 0 Å². The highest BCUT2D eigenvalue weighted by Crippen LogP contribution is 2.19. The van der Waals surface area contributed by atoms with Gasteiger partial charge in [-0.1, -0.05) is 24.3 Å². The number of benzene rings is 2. The maximum absolute atomic E-state index is 14.4. The molecule has 2 aromatic carbocycles. The Morgan fingerprint density at radius 2 is 1.92 bits per heavy atom. The summed E-state index contributed by atoms with van der Waals surface area (Å²) in [7, 11) is 0. The minimum absolute atomic E-state index is 0.0776. The van der Waals surface area contributed by atoms with Gasteiger partial charge in [-0.2, -0.15) is 0 Å². The maximum atomic E-state index is 14.4. The van der Waals surface area contributed by atoms with Crippen molar-refractivity contribution < 1.29 is 9.18 Å². The molecule has 1 fully saturated rings. The average molecular weight is 339 g/mol. The third-order valence-electron chi connectivity index (χ3n) is 4.67. The summed E-state index contributed by atoms with van der Waals surface area (Å²) in [6.45, 7) is 1.28. The zero-order valence-electron chi connectivity index (χ0n) is 13.7. The van der Waals surface area contributed by atoms with Crippen LogP contribution in [0.2, 0.25) is 0 Å². The van der Waals surface area contributed by atoms with E-state index >= 15 is 0 Å². The van der Waals surface area contributed by atoms with Gasteiger partial charge in [-0.05, 0) is 30.2 Å². The lowest BCUT2D eigenvalue weighted by Gasteiger charge is -2.16. The van der Waals surface area contributed by atoms with Crippen LogP contribution in [0, 0.1) is 5.82 Å². The van der Waals surface area contributed by atoms with Gasteiger partial charge in [0.2, 0.25) is 5.91 Å². The molecular weight excluding hydrogens is 321 g/mol. The molecule has 2 heterocycles. The van der Waals surface area contributed by atoms with Crippen molar-refractivity contribution in [1.29, 1.82) is 0 Å². The predicted molar refractivity (Wildman–Crippen MR) is 92.7 cm³/mol. The Kier molecular flexibility index (Phi) is 3.87. The lowest BCUT2D eigenvalue weighted by molar-refractivity contribution is -0.128. The van der Waals surface area contributed by atoms with Gasteiger partial charge >= 0.3 is 5.69 Å². The Morgan fingerprint density at radius 1 is 1.08 bits per heavy atom. The minimum atomic E-state index is -0.343. The number of amides is 1. The van der Waals surface area contributed by atoms with E-state index in [1.807, 2.05) is 30.3 Å². The number of H-pyrrole nitrogens is 1. The van der Waals surface area contributed by atoms with E-state index in [-0.39, 0.29) is 17.4 Å². The molecule has 0 saturated carbocycles. The summed E-state index contributed by atoms with van der Waals surface area (Å²) in [5.74, 6) is -0.265. The van der Waals surface area contributed by atoms with Crippen LogP contribution in [0.25, 0.3) is 11.0 Å². The van der Waals surface area contributed by atoms with Crippen LogP contribution in [0.3, 0.4) is 0 Å². The molecule has 0 spiro atoms. The van der Waals surface area contributed by atoms with Gasteiger partial charge in [0.1, 0.15) is 5.82 Å². The monoisotopic (exact) mass is 339 g/mol. The van der Waals surface area contributed by atoms with Crippen LogP contribution in [0.15, 0.2) is 47.3 Å². The number of rotatable bonds is 4. The van der Waals surface area contributed by atoms with Crippen molar-refractivity contribution in [3.05, 3.63) is 69.9 Å². The van der Waals surface area contributed by atoms with Gasteiger partial charge in [0, 0.05) is 25.1 Å². The summed E-state index contributed by atoms with van der Waals surface area (Å²) in [6.07, 6.45) is 1.38. The molecule has 1 amide bonds. The summed E-state index contributed by atoms with van der Waals surface area (Å²) >= 11 is 0. The fraction of sp³-hybridized carbons (Fsp3) is 0.263. The second kappa shape index (κ2) is 6.20. The fourth-order valence-corrected chi connectivity index (χ4v) is 3.34. The number of likely N-dealkylation sites (tertiary alicyclic amines) is 1. The van der Waals surface area contributed by atoms with Crippen LogP contribution in [0.1, 0.15) is 24.0 Å². The summed E-state index contributed by atoms with van der Waals surface area (Å²) < 4.78 is 16.0. The fourth-order valence-electron chi connectivity index (χ4n) is 3.34. The van der Waals surface area contributed by atoms with E-state index < -0.39 is 0 Å². The molecule has 0 atom stereocenters. The van der Waals surface area contributed by atoms with Crippen LogP contribution in [0.4, 0.5) is 4.39 Å². The quantitative estimate of drug-likeness (QED) is 0.794. The zero-order valence-corrected chi connectivity index (χ0v) is 13.7. The highest BCUT2D eigenvalue weighted by molar-refractivity contribution is 5.78. The second-order valence-corrected chi connectivity index (χ2v) is 6.38. The number of para-hydroxylation sites is 2. The van der Waals surface area contributed by atoms with Crippen LogP contribution >= 0.6 is 0 Å². The first-order valence-corrected chi connectivity index (χ1v) is 8.34. The molecule has 1 aliphatic heterocycles. The molecule has 0 aliphatic carbocycles. The molecule has 4 rings (SSSR count). The number of carbonyl (C=O) groups excluding carboxylic acids is 1. The molecule has 6 heteroatoms. The number of carbonyl (C=O) groups is 1. The van der Waals surface area contributed by atoms with Crippen molar-refractivity contribution in [3.63, 3.8) is 0 Å². The Morgan fingerprint density at radius 3 is 2.68 bits per heavy atom. The SMILES string of the molecule is O=C1CCCN1Cc1ccc(Cn2c(=O)[nH]c3ccccc32)cc1F. The molecule has 1 aliphatic rings. The van der Waals surface area contributed by atoms with E-state index in [1.165, 1.54) is 6.07 Å². The number of aromatic amines is 1. The smallest absolute Gasteiger partial charge is 0.326 e. The molecule has 0 radical (unpaired) electrons. The summed E-state index contributed by atoms with van der Waals surface area (Å²) in [5.41, 5.74) is 2.55. The van der Waals surface area contributed by atoms with Gasteiger partial charge in [0.25, 0.3) is 0 Å². The molecule has 3 aromatic rings. The van der Waals surface area contributed by atoms with Crippen LogP contribution in [-0.4, -0.2) is 26.9 Å². The first-order valence-electron chi connectivity index (χ1n) is 8.34. The van der Waals surface area contributed by atoms with Crippen LogP contribution in [0.5, 0.6) is 0 Å². The molecule has 128 valence electrons. The van der Waals surface area contributed by atoms with Crippen molar-refractivity contribution in [3.8, 4) is 0 Å². The molecule has 0 unspecified atom stereocenters. The number of hydrogen-bond acceptors (Lipinski definition) is 2. The molecule has 1 saturated heterocycles. The summed E-state index contributed by atoms with van der Waals surface area (Å²) in [4.78, 5) is 28.3. The molecular formula is C19H18FN3O2. The van der Waals surface area contributed by atoms with Gasteiger partial charge in [0.15, 0.2) is 0 Å². The number of nitrogens with one attached hydrogen (secondary N) is 1. The minimum Gasteiger partial charge on any atom is -0.338 e. The molecule has 0 bridgehead atoms. The summed E-state index contributed by atoms with van der Waals surface area (Å²) in [6, 6.07) is 12.4. The van der Waals surface area contributed by atoms with E-state index in [9.17, 15) is 14.0 Å². The molecule has 5 nitrogen and oxygen atoms in total. The van der Waals surface area contributed by atoms with E-state index in [2.05, 4.69) is 4.98 Å². The van der Waals surface area contributed by atoms with Crippen LogP contribution in [-0.2, 0) is 17.9 Å². The Labute approximate surface area is 143 Å². The second-order valence-electron chi connectivity index (χ2n) is 6.38. The number of imidazole rings is 1. The van der Waals surface area contributed by atoms with Crippen molar-refractivity contribution in [2.24, 2.45) is 0 Å². The highest BCUT2D eigenvalue weighted by atomic mass is 19.1. The van der Waals surface area contributed by atoms with Crippen molar-refractivity contribution in [2.45, 2.75) is 25.9 Å². The number of nitrogens with zero attached hydrogens (tertiary/aromatic N) is 2. The highest BCUT2D eigenvalue weighted by Gasteiger charge is 2.21. The number of fused-ring (bicyclic) bond motifs is 1. The van der Waals surface area contributed by atoms with Crippen molar-refractivity contribution in [2.75, 3.05) is 6.54 Å². The van der Waals surface area contributed by atoms with E-state index in [0.29, 0.717) is 37.2 Å². The largest absolute Gasteiger partial charge is 0.338 e. The Bertz CT molecular complexity index is 1010. The van der Waals surface area contributed by atoms with E-state index in [1.54, 1.807) is 15.5 Å². The average Bonchev–Trinajstić information content (AvgIpc) is 3.14. The molecule has 1 N–H and O–H groups in total. The van der Waals surface area contributed by atoms with Crippen LogP contribution < -0.4 is 5.69 Å². The molecule has 1 aromatic heterocycles. The number of aromatic nitrogens is 2.